The van der Waals surface area contributed by atoms with E-state index in [0.717, 1.165) is 16.7 Å². The second-order valence-electron chi connectivity index (χ2n) is 7.23. The topological polar surface area (TPSA) is 67.2 Å². The molecule has 8 heteroatoms. The van der Waals surface area contributed by atoms with E-state index < -0.39 is 0 Å². The highest BCUT2D eigenvalue weighted by atomic mass is 35.5. The Balaban J connectivity index is 1.52. The first kappa shape index (κ1) is 21.2. The first-order chi connectivity index (χ1) is 14.9. The maximum Gasteiger partial charge on any atom is 0.227 e. The van der Waals surface area contributed by atoms with E-state index in [0.29, 0.717) is 22.4 Å². The van der Waals surface area contributed by atoms with Crippen LogP contribution in [0, 0.1) is 0 Å². The quantitative estimate of drug-likeness (QED) is 0.579. The number of carbonyl (C=O) groups excluding carboxylic acids is 2. The third kappa shape index (κ3) is 4.50. The summed E-state index contributed by atoms with van der Waals surface area (Å²) in [7, 11) is 0. The molecule has 2 heterocycles. The number of fused-ring (bicyclic) bond motifs is 1. The zero-order chi connectivity index (χ0) is 22.0. The van der Waals surface area contributed by atoms with Crippen LogP contribution < -0.4 is 5.32 Å². The number of anilines is 1. The van der Waals surface area contributed by atoms with Gasteiger partial charge in [-0.2, -0.15) is 5.10 Å². The van der Waals surface area contributed by atoms with E-state index in [9.17, 15) is 9.59 Å². The van der Waals surface area contributed by atoms with Crippen LogP contribution >= 0.6 is 23.2 Å². The normalized spacial score (nSPS) is 14.9. The standard InChI is InChI=1S/C23H20Cl2N4O2/c1-15(30)28-12-10-16-5-2-3-7-18(16)20(28)13-22(31)27-21-9-11-26-29(21)14-17-6-4-8-19(24)23(17)25/h2-12,20H,13-14H2,1H3,(H,27,31)/t20-/m0/s1. The lowest BCUT2D eigenvalue weighted by Crippen LogP contribution is -2.33. The second-order valence-corrected chi connectivity index (χ2v) is 8.01. The number of nitrogens with zero attached hydrogens (tertiary/aromatic N) is 3. The Bertz CT molecular complexity index is 1170. The van der Waals surface area contributed by atoms with Crippen LogP contribution in [0.15, 0.2) is 60.9 Å². The first-order valence-electron chi connectivity index (χ1n) is 9.74. The summed E-state index contributed by atoms with van der Waals surface area (Å²) in [6, 6.07) is 14.5. The molecule has 1 N–H and O–H groups in total. The van der Waals surface area contributed by atoms with Crippen molar-refractivity contribution in [3.8, 4) is 0 Å². The van der Waals surface area contributed by atoms with Crippen molar-refractivity contribution in [3.63, 3.8) is 0 Å². The summed E-state index contributed by atoms with van der Waals surface area (Å²) in [5, 5.41) is 8.11. The molecule has 4 rings (SSSR count). The molecule has 158 valence electrons. The third-order valence-corrected chi connectivity index (χ3v) is 6.04. The van der Waals surface area contributed by atoms with Crippen molar-refractivity contribution in [2.24, 2.45) is 0 Å². The molecule has 0 saturated heterocycles. The van der Waals surface area contributed by atoms with Crippen LogP contribution in [0.2, 0.25) is 10.0 Å². The molecule has 1 atom stereocenters. The summed E-state index contributed by atoms with van der Waals surface area (Å²) >= 11 is 12.4. The van der Waals surface area contributed by atoms with Gasteiger partial charge in [0.2, 0.25) is 11.8 Å². The number of nitrogens with one attached hydrogen (secondary N) is 1. The molecule has 1 aliphatic heterocycles. The second kappa shape index (κ2) is 8.96. The van der Waals surface area contributed by atoms with Crippen LogP contribution in [0.5, 0.6) is 0 Å². The number of amides is 2. The highest BCUT2D eigenvalue weighted by molar-refractivity contribution is 6.42. The molecule has 2 aromatic carbocycles. The van der Waals surface area contributed by atoms with E-state index in [4.69, 9.17) is 23.2 Å². The summed E-state index contributed by atoms with van der Waals surface area (Å²) < 4.78 is 1.65. The monoisotopic (exact) mass is 454 g/mol. The lowest BCUT2D eigenvalue weighted by atomic mass is 9.93. The molecule has 1 aromatic heterocycles. The Labute approximate surface area is 190 Å². The SMILES string of the molecule is CC(=O)N1C=Cc2ccccc2[C@@H]1CC(=O)Nc1ccnn1Cc1cccc(Cl)c1Cl. The highest BCUT2D eigenvalue weighted by Gasteiger charge is 2.28. The zero-order valence-electron chi connectivity index (χ0n) is 16.8. The predicted octanol–water partition coefficient (Wildman–Crippen LogP) is 5.14. The Kier molecular flexibility index (Phi) is 6.11. The molecule has 0 spiro atoms. The zero-order valence-corrected chi connectivity index (χ0v) is 18.3. The number of hydrogen-bond acceptors (Lipinski definition) is 3. The lowest BCUT2D eigenvalue weighted by Gasteiger charge is -2.32. The molecule has 3 aromatic rings. The summed E-state index contributed by atoms with van der Waals surface area (Å²) in [6.45, 7) is 1.85. The van der Waals surface area contributed by atoms with E-state index in [1.165, 1.54) is 6.92 Å². The number of benzene rings is 2. The number of rotatable bonds is 5. The third-order valence-electron chi connectivity index (χ3n) is 5.18. The number of aromatic nitrogens is 2. The molecule has 0 radical (unpaired) electrons. The van der Waals surface area contributed by atoms with Gasteiger partial charge in [-0.05, 0) is 28.8 Å². The summed E-state index contributed by atoms with van der Waals surface area (Å²) in [5.41, 5.74) is 2.73. The van der Waals surface area contributed by atoms with Crippen molar-refractivity contribution < 1.29 is 9.59 Å². The van der Waals surface area contributed by atoms with Crippen molar-refractivity contribution in [2.75, 3.05) is 5.32 Å². The minimum absolute atomic E-state index is 0.115. The van der Waals surface area contributed by atoms with Crippen molar-refractivity contribution in [1.82, 2.24) is 14.7 Å². The van der Waals surface area contributed by atoms with E-state index in [1.54, 1.807) is 34.1 Å². The molecule has 0 unspecified atom stereocenters. The average Bonchev–Trinajstić information content (AvgIpc) is 3.17. The fourth-order valence-corrected chi connectivity index (χ4v) is 4.06. The van der Waals surface area contributed by atoms with Crippen molar-refractivity contribution in [1.29, 1.82) is 0 Å². The van der Waals surface area contributed by atoms with Crippen LogP contribution in [-0.2, 0) is 16.1 Å². The van der Waals surface area contributed by atoms with Gasteiger partial charge in [-0.1, -0.05) is 59.6 Å². The largest absolute Gasteiger partial charge is 0.311 e. The van der Waals surface area contributed by atoms with Gasteiger partial charge in [-0.3, -0.25) is 9.59 Å². The van der Waals surface area contributed by atoms with Gasteiger partial charge in [0.25, 0.3) is 0 Å². The van der Waals surface area contributed by atoms with Crippen molar-refractivity contribution in [3.05, 3.63) is 87.7 Å². The van der Waals surface area contributed by atoms with Crippen LogP contribution in [-0.4, -0.2) is 26.5 Å². The van der Waals surface area contributed by atoms with Crippen LogP contribution in [0.1, 0.15) is 36.1 Å². The van der Waals surface area contributed by atoms with E-state index >= 15 is 0 Å². The molecule has 0 aliphatic carbocycles. The van der Waals surface area contributed by atoms with Crippen molar-refractivity contribution in [2.45, 2.75) is 25.9 Å². The van der Waals surface area contributed by atoms with Crippen molar-refractivity contribution >= 4 is 46.9 Å². The Morgan fingerprint density at radius 1 is 1.10 bits per heavy atom. The average molecular weight is 455 g/mol. The minimum atomic E-state index is -0.377. The summed E-state index contributed by atoms with van der Waals surface area (Å²) in [6.07, 6.45) is 5.33. The Morgan fingerprint density at radius 2 is 1.90 bits per heavy atom. The molecule has 0 fully saturated rings. The molecular weight excluding hydrogens is 435 g/mol. The number of halogens is 2. The summed E-state index contributed by atoms with van der Waals surface area (Å²) in [5.74, 6) is 0.194. The lowest BCUT2D eigenvalue weighted by molar-refractivity contribution is -0.129. The molecule has 31 heavy (non-hydrogen) atoms. The number of carbonyl (C=O) groups is 2. The van der Waals surface area contributed by atoms with Crippen LogP contribution in [0.4, 0.5) is 5.82 Å². The molecule has 0 saturated carbocycles. The minimum Gasteiger partial charge on any atom is -0.311 e. The van der Waals surface area contributed by atoms with Crippen LogP contribution in [0.3, 0.4) is 0 Å². The predicted molar refractivity (Wildman–Crippen MR) is 122 cm³/mol. The van der Waals surface area contributed by atoms with Gasteiger partial charge in [0.15, 0.2) is 0 Å². The van der Waals surface area contributed by atoms with Gasteiger partial charge in [0.1, 0.15) is 5.82 Å². The van der Waals surface area contributed by atoms with E-state index in [2.05, 4.69) is 10.4 Å². The maximum atomic E-state index is 12.9. The molecule has 6 nitrogen and oxygen atoms in total. The number of hydrogen-bond donors (Lipinski definition) is 1. The molecule has 2 amide bonds. The Morgan fingerprint density at radius 3 is 2.71 bits per heavy atom. The van der Waals surface area contributed by atoms with Gasteiger partial charge in [-0.25, -0.2) is 4.68 Å². The maximum absolute atomic E-state index is 12.9. The summed E-state index contributed by atoms with van der Waals surface area (Å²) in [4.78, 5) is 26.6. The van der Waals surface area contributed by atoms with E-state index in [1.807, 2.05) is 42.5 Å². The Hall–Kier alpha value is -3.09. The smallest absolute Gasteiger partial charge is 0.227 e. The van der Waals surface area contributed by atoms with Gasteiger partial charge >= 0.3 is 0 Å². The van der Waals surface area contributed by atoms with Gasteiger partial charge in [-0.15, -0.1) is 0 Å². The highest BCUT2D eigenvalue weighted by Crippen LogP contribution is 2.33. The molecular formula is C23H20Cl2N4O2. The molecule has 1 aliphatic rings. The van der Waals surface area contributed by atoms with Gasteiger partial charge in [0.05, 0.1) is 35.2 Å². The van der Waals surface area contributed by atoms with Crippen LogP contribution in [0.25, 0.3) is 6.08 Å². The fourth-order valence-electron chi connectivity index (χ4n) is 3.68. The van der Waals surface area contributed by atoms with Gasteiger partial charge in [0, 0.05) is 19.2 Å². The molecule has 0 bridgehead atoms. The first-order valence-corrected chi connectivity index (χ1v) is 10.5. The van der Waals surface area contributed by atoms with Gasteiger partial charge < -0.3 is 10.2 Å². The fraction of sp³-hybridized carbons (Fsp3) is 0.174. The van der Waals surface area contributed by atoms with E-state index in [-0.39, 0.29) is 24.3 Å².